The van der Waals surface area contributed by atoms with E-state index in [2.05, 4.69) is 4.98 Å². The summed E-state index contributed by atoms with van der Waals surface area (Å²) < 4.78 is 24.8. The number of pyridine rings is 1. The van der Waals surface area contributed by atoms with Crippen LogP contribution in [0, 0.1) is 5.92 Å². The summed E-state index contributed by atoms with van der Waals surface area (Å²) in [5.41, 5.74) is 2.66. The van der Waals surface area contributed by atoms with Crippen molar-refractivity contribution in [1.29, 1.82) is 0 Å². The maximum Gasteiger partial charge on any atom is 0.251 e. The molecule has 0 radical (unpaired) electrons. The zero-order chi connectivity index (χ0) is 20.9. The van der Waals surface area contributed by atoms with Crippen LogP contribution in [0.15, 0.2) is 46.1 Å². The number of rotatable bonds is 9. The highest BCUT2D eigenvalue weighted by Gasteiger charge is 2.24. The molecule has 0 aliphatic heterocycles. The van der Waals surface area contributed by atoms with Crippen molar-refractivity contribution in [3.63, 3.8) is 0 Å². The summed E-state index contributed by atoms with van der Waals surface area (Å²) in [6, 6.07) is 11.0. The minimum absolute atomic E-state index is 0.0374. The molecule has 0 spiro atoms. The number of nitrogens with one attached hydrogen (secondary N) is 1. The number of aromatic nitrogens is 1. The fourth-order valence-electron chi connectivity index (χ4n) is 4.30. The second kappa shape index (κ2) is 9.72. The zero-order valence-corrected chi connectivity index (χ0v) is 17.9. The van der Waals surface area contributed by atoms with Gasteiger partial charge in [0.25, 0.3) is 5.56 Å². The Morgan fingerprint density at radius 1 is 1.10 bits per heavy atom. The predicted molar refractivity (Wildman–Crippen MR) is 115 cm³/mol. The van der Waals surface area contributed by atoms with Crippen molar-refractivity contribution in [3.8, 4) is 0 Å². The van der Waals surface area contributed by atoms with Gasteiger partial charge in [0.1, 0.15) is 0 Å². The van der Waals surface area contributed by atoms with Crippen LogP contribution in [-0.4, -0.2) is 30.9 Å². The number of sulfone groups is 1. The second-order valence-electron chi connectivity index (χ2n) is 8.03. The zero-order valence-electron chi connectivity index (χ0n) is 17.1. The Morgan fingerprint density at radius 3 is 2.38 bits per heavy atom. The molecule has 0 amide bonds. The predicted octanol–water partition coefficient (Wildman–Crippen LogP) is 3.81. The quantitative estimate of drug-likeness (QED) is 0.650. The minimum Gasteiger partial charge on any atom is -0.396 e. The fraction of sp³-hybridized carbons (Fsp3) is 0.522. The summed E-state index contributed by atoms with van der Waals surface area (Å²) in [6.45, 7) is 1.83. The number of benzene rings is 1. The molecule has 1 aromatic heterocycles. The summed E-state index contributed by atoms with van der Waals surface area (Å²) in [5.74, 6) is 0.619. The van der Waals surface area contributed by atoms with Gasteiger partial charge in [-0.15, -0.1) is 0 Å². The van der Waals surface area contributed by atoms with Gasteiger partial charge in [-0.2, -0.15) is 0 Å². The molecular weight excluding hydrogens is 386 g/mol. The van der Waals surface area contributed by atoms with Crippen LogP contribution in [0.1, 0.15) is 68.2 Å². The van der Waals surface area contributed by atoms with Gasteiger partial charge in [-0.3, -0.25) is 4.79 Å². The monoisotopic (exact) mass is 417 g/mol. The van der Waals surface area contributed by atoms with Crippen molar-refractivity contribution in [2.24, 2.45) is 5.92 Å². The Labute approximate surface area is 173 Å². The first-order valence-electron chi connectivity index (χ1n) is 10.6. The molecule has 1 aliphatic carbocycles. The van der Waals surface area contributed by atoms with E-state index in [-0.39, 0.29) is 35.2 Å². The van der Waals surface area contributed by atoms with Gasteiger partial charge >= 0.3 is 0 Å². The van der Waals surface area contributed by atoms with Crippen LogP contribution in [0.5, 0.6) is 0 Å². The van der Waals surface area contributed by atoms with Gasteiger partial charge in [-0.1, -0.05) is 50.8 Å². The summed E-state index contributed by atoms with van der Waals surface area (Å²) in [4.78, 5) is 15.7. The van der Waals surface area contributed by atoms with E-state index in [1.807, 2.05) is 31.2 Å². The highest BCUT2D eigenvalue weighted by atomic mass is 32.2. The van der Waals surface area contributed by atoms with Crippen molar-refractivity contribution in [3.05, 3.63) is 63.6 Å². The van der Waals surface area contributed by atoms with E-state index in [4.69, 9.17) is 5.11 Å². The summed E-state index contributed by atoms with van der Waals surface area (Å²) >= 11 is 0. The lowest BCUT2D eigenvalue weighted by molar-refractivity contribution is 0.295. The van der Waals surface area contributed by atoms with E-state index in [9.17, 15) is 13.2 Å². The van der Waals surface area contributed by atoms with Gasteiger partial charge in [0.2, 0.25) is 0 Å². The molecule has 0 saturated heterocycles. The third kappa shape index (κ3) is 5.37. The van der Waals surface area contributed by atoms with Crippen LogP contribution in [0.4, 0.5) is 0 Å². The Bertz CT molecular complexity index is 957. The largest absolute Gasteiger partial charge is 0.396 e. The van der Waals surface area contributed by atoms with E-state index in [1.165, 1.54) is 25.7 Å². The Balaban J connectivity index is 1.91. The lowest BCUT2D eigenvalue weighted by Crippen LogP contribution is -2.17. The van der Waals surface area contributed by atoms with Gasteiger partial charge < -0.3 is 10.1 Å². The molecule has 1 atom stereocenters. The Hall–Kier alpha value is -1.92. The molecule has 29 heavy (non-hydrogen) atoms. The van der Waals surface area contributed by atoms with Gasteiger partial charge in [0.05, 0.1) is 10.6 Å². The van der Waals surface area contributed by atoms with Crippen LogP contribution in [0.3, 0.4) is 0 Å². The van der Waals surface area contributed by atoms with Crippen molar-refractivity contribution in [2.45, 2.75) is 62.7 Å². The first-order chi connectivity index (χ1) is 13.9. The van der Waals surface area contributed by atoms with Crippen molar-refractivity contribution < 1.29 is 13.5 Å². The Kier molecular flexibility index (Phi) is 7.30. The molecule has 1 fully saturated rings. The average Bonchev–Trinajstić information content (AvgIpc) is 3.24. The normalized spacial score (nSPS) is 16.2. The minimum atomic E-state index is -3.39. The van der Waals surface area contributed by atoms with Gasteiger partial charge in [0.15, 0.2) is 9.84 Å². The molecule has 1 aliphatic rings. The molecular formula is C23H31NO4S. The van der Waals surface area contributed by atoms with E-state index in [0.29, 0.717) is 12.3 Å². The number of aromatic amines is 1. The molecule has 1 saturated carbocycles. The van der Waals surface area contributed by atoms with Crippen LogP contribution in [-0.2, 0) is 16.3 Å². The first-order valence-corrected chi connectivity index (χ1v) is 12.3. The molecule has 6 heteroatoms. The highest BCUT2D eigenvalue weighted by molar-refractivity contribution is 7.91. The van der Waals surface area contributed by atoms with Crippen LogP contribution < -0.4 is 5.56 Å². The summed E-state index contributed by atoms with van der Waals surface area (Å²) in [7, 11) is -3.39. The topological polar surface area (TPSA) is 87.2 Å². The molecule has 1 aromatic carbocycles. The van der Waals surface area contributed by atoms with E-state index < -0.39 is 9.84 Å². The second-order valence-corrected chi connectivity index (χ2v) is 10.1. The molecule has 3 rings (SSSR count). The highest BCUT2D eigenvalue weighted by Crippen LogP contribution is 2.37. The van der Waals surface area contributed by atoms with Gasteiger partial charge in [-0.25, -0.2) is 8.42 Å². The molecule has 2 N–H and O–H groups in total. The molecule has 1 heterocycles. The SMILES string of the molecule is CCc1ccc(C(CC2CCCC2)c2ccc(S(=O)(=O)CCCO)cc2)[nH]c1=O. The number of aliphatic hydroxyl groups is 1. The van der Waals surface area contributed by atoms with Crippen molar-refractivity contribution >= 4 is 9.84 Å². The van der Waals surface area contributed by atoms with Gasteiger partial charge in [-0.05, 0) is 48.9 Å². The molecule has 158 valence electrons. The number of aryl methyl sites for hydroxylation is 1. The Morgan fingerprint density at radius 2 is 1.79 bits per heavy atom. The summed E-state index contributed by atoms with van der Waals surface area (Å²) in [6.07, 6.45) is 6.82. The van der Waals surface area contributed by atoms with E-state index >= 15 is 0 Å². The van der Waals surface area contributed by atoms with E-state index in [1.54, 1.807) is 12.1 Å². The van der Waals surface area contributed by atoms with Crippen LogP contribution >= 0.6 is 0 Å². The number of H-pyrrole nitrogens is 1. The number of aliphatic hydroxyl groups excluding tert-OH is 1. The van der Waals surface area contributed by atoms with Crippen LogP contribution in [0.2, 0.25) is 0 Å². The third-order valence-electron chi connectivity index (χ3n) is 6.03. The van der Waals surface area contributed by atoms with E-state index in [0.717, 1.165) is 23.2 Å². The maximum atomic E-state index is 12.4. The van der Waals surface area contributed by atoms with Crippen LogP contribution in [0.25, 0.3) is 0 Å². The van der Waals surface area contributed by atoms with Crippen molar-refractivity contribution in [1.82, 2.24) is 4.98 Å². The lowest BCUT2D eigenvalue weighted by atomic mass is 9.85. The number of hydrogen-bond acceptors (Lipinski definition) is 4. The lowest BCUT2D eigenvalue weighted by Gasteiger charge is -2.22. The smallest absolute Gasteiger partial charge is 0.251 e. The van der Waals surface area contributed by atoms with Crippen molar-refractivity contribution in [2.75, 3.05) is 12.4 Å². The molecule has 1 unspecified atom stereocenters. The fourth-order valence-corrected chi connectivity index (χ4v) is 5.60. The third-order valence-corrected chi connectivity index (χ3v) is 7.84. The molecule has 2 aromatic rings. The van der Waals surface area contributed by atoms with Gasteiger partial charge in [0, 0.05) is 23.8 Å². The molecule has 0 bridgehead atoms. The summed E-state index contributed by atoms with van der Waals surface area (Å²) in [5, 5.41) is 8.92. The molecule has 5 nitrogen and oxygen atoms in total. The number of hydrogen-bond donors (Lipinski definition) is 2. The first kappa shape index (κ1) is 21.8. The maximum absolute atomic E-state index is 12.4. The average molecular weight is 418 g/mol. The standard InChI is InChI=1S/C23H31NO4S/c1-2-18-10-13-22(24-23(18)26)21(16-17-6-3-4-7-17)19-8-11-20(12-9-19)29(27,28)15-5-14-25/h8-13,17,21,25H,2-7,14-16H2,1H3,(H,24,26).